The van der Waals surface area contributed by atoms with Gasteiger partial charge in [0.1, 0.15) is 18.1 Å². The van der Waals surface area contributed by atoms with E-state index in [1.165, 1.54) is 0 Å². The second kappa shape index (κ2) is 10.9. The van der Waals surface area contributed by atoms with Crippen LogP contribution >= 0.6 is 0 Å². The first kappa shape index (κ1) is 24.0. The van der Waals surface area contributed by atoms with Gasteiger partial charge < -0.3 is 29.3 Å². The zero-order chi connectivity index (χ0) is 24.9. The summed E-state index contributed by atoms with van der Waals surface area (Å²) in [7, 11) is 1.60. The van der Waals surface area contributed by atoms with Crippen molar-refractivity contribution in [1.29, 1.82) is 0 Å². The van der Waals surface area contributed by atoms with Crippen molar-refractivity contribution in [3.05, 3.63) is 48.2 Å². The number of urea groups is 1. The van der Waals surface area contributed by atoms with Crippen LogP contribution in [-0.2, 0) is 4.74 Å². The quantitative estimate of drug-likeness (QED) is 0.466. The molecule has 1 aromatic heterocycles. The maximum atomic E-state index is 12.1. The Kier molecular flexibility index (Phi) is 7.24. The molecule has 2 aromatic carbocycles. The molecule has 2 aliphatic heterocycles. The molecule has 0 bridgehead atoms. The van der Waals surface area contributed by atoms with Crippen LogP contribution in [0.15, 0.2) is 47.0 Å². The van der Waals surface area contributed by atoms with Crippen molar-refractivity contribution in [2.45, 2.75) is 6.92 Å². The van der Waals surface area contributed by atoms with Gasteiger partial charge in [0.25, 0.3) is 6.01 Å². The largest absolute Gasteiger partial charge is 0.497 e. The van der Waals surface area contributed by atoms with Gasteiger partial charge in [-0.3, -0.25) is 9.80 Å². The fourth-order valence-electron chi connectivity index (χ4n) is 4.24. The molecule has 2 fully saturated rings. The minimum atomic E-state index is -0.128. The van der Waals surface area contributed by atoms with E-state index < -0.39 is 0 Å². The molecule has 36 heavy (non-hydrogen) atoms. The Bertz CT molecular complexity index is 1210. The highest BCUT2D eigenvalue weighted by molar-refractivity contribution is 5.95. The van der Waals surface area contributed by atoms with Gasteiger partial charge in [0.05, 0.1) is 26.5 Å². The van der Waals surface area contributed by atoms with Crippen LogP contribution < -0.4 is 25.0 Å². The van der Waals surface area contributed by atoms with Crippen LogP contribution in [0.1, 0.15) is 5.56 Å². The maximum absolute atomic E-state index is 12.1. The zero-order valence-corrected chi connectivity index (χ0v) is 20.6. The molecule has 2 aliphatic rings. The SMILES string of the molecule is COc1cc(-c2cnc(Nc3cc(OCCN4CCOCC4)ccc3C)o2)cc(N2CCNC2=O)c1. The van der Waals surface area contributed by atoms with Crippen LogP contribution in [0, 0.1) is 6.92 Å². The van der Waals surface area contributed by atoms with E-state index >= 15 is 0 Å². The van der Waals surface area contributed by atoms with E-state index in [2.05, 4.69) is 20.5 Å². The van der Waals surface area contributed by atoms with E-state index in [-0.39, 0.29) is 6.03 Å². The first-order valence-corrected chi connectivity index (χ1v) is 12.1. The molecule has 3 aromatic rings. The normalized spacial score (nSPS) is 16.2. The molecule has 0 unspecified atom stereocenters. The van der Waals surface area contributed by atoms with Gasteiger partial charge in [-0.05, 0) is 30.7 Å². The lowest BCUT2D eigenvalue weighted by Gasteiger charge is -2.26. The number of benzene rings is 2. The standard InChI is InChI=1S/C26H31N5O5/c1-18-3-4-21(35-12-9-30-7-10-34-11-8-30)16-23(18)29-25-28-17-24(36-25)19-13-20(15-22(14-19)33-2)31-6-5-27-26(31)32/h3-4,13-17H,5-12H2,1-2H3,(H,27,32)(H,28,29). The molecule has 10 nitrogen and oxygen atoms in total. The van der Waals surface area contributed by atoms with Crippen LogP contribution in [0.3, 0.4) is 0 Å². The van der Waals surface area contributed by atoms with Gasteiger partial charge in [-0.2, -0.15) is 0 Å². The lowest BCUT2D eigenvalue weighted by atomic mass is 10.1. The van der Waals surface area contributed by atoms with Crippen LogP contribution in [0.2, 0.25) is 0 Å². The second-order valence-corrected chi connectivity index (χ2v) is 8.74. The van der Waals surface area contributed by atoms with Crippen molar-refractivity contribution in [2.24, 2.45) is 0 Å². The lowest BCUT2D eigenvalue weighted by Crippen LogP contribution is -2.38. The van der Waals surface area contributed by atoms with E-state index in [0.717, 1.165) is 61.1 Å². The fraction of sp³-hybridized carbons (Fsp3) is 0.385. The summed E-state index contributed by atoms with van der Waals surface area (Å²) in [5, 5.41) is 6.08. The molecule has 0 spiro atoms. The van der Waals surface area contributed by atoms with Gasteiger partial charge >= 0.3 is 6.03 Å². The smallest absolute Gasteiger partial charge is 0.321 e. The average Bonchev–Trinajstić information content (AvgIpc) is 3.55. The minimum Gasteiger partial charge on any atom is -0.497 e. The molecular weight excluding hydrogens is 462 g/mol. The number of methoxy groups -OCH3 is 1. The predicted molar refractivity (Wildman–Crippen MR) is 136 cm³/mol. The summed E-state index contributed by atoms with van der Waals surface area (Å²) in [6, 6.07) is 11.7. The van der Waals surface area contributed by atoms with Crippen LogP contribution in [0.25, 0.3) is 11.3 Å². The lowest BCUT2D eigenvalue weighted by molar-refractivity contribution is 0.0322. The maximum Gasteiger partial charge on any atom is 0.321 e. The van der Waals surface area contributed by atoms with Crippen molar-refractivity contribution < 1.29 is 23.4 Å². The number of rotatable bonds is 9. The highest BCUT2D eigenvalue weighted by Crippen LogP contribution is 2.33. The number of carbonyl (C=O) groups is 1. The summed E-state index contributed by atoms with van der Waals surface area (Å²) in [6.45, 7) is 8.13. The van der Waals surface area contributed by atoms with Gasteiger partial charge in [0.2, 0.25) is 0 Å². The molecule has 0 saturated carbocycles. The number of nitrogens with one attached hydrogen (secondary N) is 2. The average molecular weight is 494 g/mol. The number of ether oxygens (including phenoxy) is 3. The van der Waals surface area contributed by atoms with Crippen LogP contribution in [0.5, 0.6) is 11.5 Å². The third-order valence-corrected chi connectivity index (χ3v) is 6.32. The number of oxazole rings is 1. The molecule has 3 heterocycles. The second-order valence-electron chi connectivity index (χ2n) is 8.74. The summed E-state index contributed by atoms with van der Waals surface area (Å²) < 4.78 is 22.9. The Morgan fingerprint density at radius 2 is 1.97 bits per heavy atom. The third kappa shape index (κ3) is 5.55. The van der Waals surface area contributed by atoms with E-state index in [1.54, 1.807) is 18.2 Å². The van der Waals surface area contributed by atoms with Crippen molar-refractivity contribution in [3.8, 4) is 22.8 Å². The molecule has 0 aliphatic carbocycles. The Morgan fingerprint density at radius 1 is 1.11 bits per heavy atom. The van der Waals surface area contributed by atoms with E-state index in [1.807, 2.05) is 43.3 Å². The number of anilines is 3. The minimum absolute atomic E-state index is 0.128. The Balaban J connectivity index is 1.28. The van der Waals surface area contributed by atoms with E-state index in [4.69, 9.17) is 18.6 Å². The topological polar surface area (TPSA) is 101 Å². The molecule has 0 atom stereocenters. The molecule has 0 radical (unpaired) electrons. The van der Waals surface area contributed by atoms with Crippen LogP contribution in [0.4, 0.5) is 22.2 Å². The summed E-state index contributed by atoms with van der Waals surface area (Å²) >= 11 is 0. The van der Waals surface area contributed by atoms with Gasteiger partial charge in [-0.1, -0.05) is 6.07 Å². The van der Waals surface area contributed by atoms with Crippen molar-refractivity contribution >= 4 is 23.4 Å². The Morgan fingerprint density at radius 3 is 2.75 bits per heavy atom. The summed E-state index contributed by atoms with van der Waals surface area (Å²) in [5.74, 6) is 1.98. The molecule has 2 amide bonds. The summed E-state index contributed by atoms with van der Waals surface area (Å²) in [5.41, 5.74) is 3.40. The number of hydrogen-bond donors (Lipinski definition) is 2. The van der Waals surface area contributed by atoms with Gasteiger partial charge in [0.15, 0.2) is 5.76 Å². The highest BCUT2D eigenvalue weighted by atomic mass is 16.5. The van der Waals surface area contributed by atoms with Gasteiger partial charge in [-0.15, -0.1) is 0 Å². The first-order chi connectivity index (χ1) is 17.6. The number of aryl methyl sites for hydroxylation is 1. The third-order valence-electron chi connectivity index (χ3n) is 6.32. The highest BCUT2D eigenvalue weighted by Gasteiger charge is 2.23. The van der Waals surface area contributed by atoms with Crippen molar-refractivity contribution in [3.63, 3.8) is 0 Å². The van der Waals surface area contributed by atoms with E-state index in [9.17, 15) is 4.79 Å². The van der Waals surface area contributed by atoms with Crippen LogP contribution in [-0.4, -0.2) is 75.6 Å². The van der Waals surface area contributed by atoms with Crippen molar-refractivity contribution in [1.82, 2.24) is 15.2 Å². The monoisotopic (exact) mass is 493 g/mol. The molecule has 2 N–H and O–H groups in total. The first-order valence-electron chi connectivity index (χ1n) is 12.1. The molecule has 5 rings (SSSR count). The molecule has 190 valence electrons. The number of amides is 2. The molecule has 2 saturated heterocycles. The van der Waals surface area contributed by atoms with E-state index in [0.29, 0.717) is 37.2 Å². The van der Waals surface area contributed by atoms with Gasteiger partial charge in [-0.25, -0.2) is 9.78 Å². The van der Waals surface area contributed by atoms with Gasteiger partial charge in [0, 0.05) is 61.8 Å². The predicted octanol–water partition coefficient (Wildman–Crippen LogP) is 3.64. The number of morpholine rings is 1. The number of hydrogen-bond acceptors (Lipinski definition) is 8. The number of nitrogens with zero attached hydrogens (tertiary/aromatic N) is 3. The zero-order valence-electron chi connectivity index (χ0n) is 20.6. The summed E-state index contributed by atoms with van der Waals surface area (Å²) in [4.78, 5) is 20.6. The Hall–Kier alpha value is -3.76. The molecule has 10 heteroatoms. The summed E-state index contributed by atoms with van der Waals surface area (Å²) in [6.07, 6.45) is 1.66. The number of carbonyl (C=O) groups excluding carboxylic acids is 1. The van der Waals surface area contributed by atoms with Crippen molar-refractivity contribution in [2.75, 3.05) is 69.9 Å². The number of aromatic nitrogens is 1. The fourth-order valence-corrected chi connectivity index (χ4v) is 4.24. The Labute approximate surface area is 210 Å². The molecular formula is C26H31N5O5.